The van der Waals surface area contributed by atoms with Gasteiger partial charge in [-0.1, -0.05) is 24.6 Å². The third-order valence-electron chi connectivity index (χ3n) is 4.87. The van der Waals surface area contributed by atoms with Gasteiger partial charge in [0.05, 0.1) is 10.5 Å². The zero-order chi connectivity index (χ0) is 15.9. The summed E-state index contributed by atoms with van der Waals surface area (Å²) >= 11 is 0. The Kier molecular flexibility index (Phi) is 4.05. The lowest BCUT2D eigenvalue weighted by molar-refractivity contribution is 0.0893. The third kappa shape index (κ3) is 2.69. The van der Waals surface area contributed by atoms with Crippen molar-refractivity contribution in [3.8, 4) is 0 Å². The van der Waals surface area contributed by atoms with E-state index in [-0.39, 0.29) is 22.8 Å². The average Bonchev–Trinajstić information content (AvgIpc) is 2.45. The van der Waals surface area contributed by atoms with Crippen molar-refractivity contribution >= 4 is 15.6 Å². The van der Waals surface area contributed by atoms with Crippen LogP contribution >= 0.6 is 0 Å². The Morgan fingerprint density at radius 2 is 1.77 bits per heavy atom. The number of hydrogen-bond acceptors (Lipinski definition) is 3. The molecular formula is C16H18F2O3S. The largest absolute Gasteiger partial charge is 0.294 e. The molecule has 0 amide bonds. The predicted octanol–water partition coefficient (Wildman–Crippen LogP) is 3.55. The minimum absolute atomic E-state index is 0.172. The number of benzene rings is 1. The number of carbonyl (C=O) groups is 1. The normalized spacial score (nSPS) is 30.2. The van der Waals surface area contributed by atoms with Crippen LogP contribution in [0.5, 0.6) is 0 Å². The quantitative estimate of drug-likeness (QED) is 0.797. The molecule has 0 saturated carbocycles. The van der Waals surface area contributed by atoms with E-state index in [2.05, 4.69) is 0 Å². The van der Waals surface area contributed by atoms with Crippen LogP contribution in [0, 0.1) is 5.92 Å². The van der Waals surface area contributed by atoms with E-state index in [9.17, 15) is 22.0 Å². The first-order valence-corrected chi connectivity index (χ1v) is 9.15. The second kappa shape index (κ2) is 5.72. The van der Waals surface area contributed by atoms with Crippen molar-refractivity contribution in [2.45, 2.75) is 49.0 Å². The molecule has 2 bridgehead atoms. The fourth-order valence-corrected chi connectivity index (χ4v) is 6.22. The summed E-state index contributed by atoms with van der Waals surface area (Å²) in [6, 6.07) is 5.51. The molecule has 2 fully saturated rings. The molecule has 22 heavy (non-hydrogen) atoms. The highest BCUT2D eigenvalue weighted by Crippen LogP contribution is 2.40. The summed E-state index contributed by atoms with van der Waals surface area (Å²) in [4.78, 5) is 12.6. The monoisotopic (exact) mass is 328 g/mol. The number of alkyl halides is 2. The molecule has 0 N–H and O–H groups in total. The molecule has 0 radical (unpaired) electrons. The molecule has 6 heteroatoms. The molecule has 3 nitrogen and oxygen atoms in total. The third-order valence-corrected chi connectivity index (χ3v) is 7.58. The van der Waals surface area contributed by atoms with Crippen molar-refractivity contribution in [3.05, 3.63) is 35.4 Å². The number of halogens is 2. The summed E-state index contributed by atoms with van der Waals surface area (Å²) in [7, 11) is -3.11. The van der Waals surface area contributed by atoms with Crippen LogP contribution in [0.1, 0.15) is 54.5 Å². The maximum Gasteiger partial charge on any atom is 0.263 e. The van der Waals surface area contributed by atoms with Crippen molar-refractivity contribution in [2.24, 2.45) is 5.92 Å². The first-order valence-electron chi connectivity index (χ1n) is 7.54. The zero-order valence-electron chi connectivity index (χ0n) is 12.0. The number of sulfone groups is 1. The predicted molar refractivity (Wildman–Crippen MR) is 78.8 cm³/mol. The van der Waals surface area contributed by atoms with Crippen molar-refractivity contribution in [1.29, 1.82) is 0 Å². The number of hydrogen-bond donors (Lipinski definition) is 0. The minimum Gasteiger partial charge on any atom is -0.294 e. The highest BCUT2D eigenvalue weighted by molar-refractivity contribution is 7.92. The fraction of sp³-hybridized carbons (Fsp3) is 0.562. The highest BCUT2D eigenvalue weighted by Gasteiger charge is 2.46. The van der Waals surface area contributed by atoms with E-state index in [4.69, 9.17) is 0 Å². The summed E-state index contributed by atoms with van der Waals surface area (Å²) in [6.07, 6.45) is 0.155. The molecular weight excluding hydrogens is 310 g/mol. The van der Waals surface area contributed by atoms with E-state index in [1.54, 1.807) is 0 Å². The fourth-order valence-electron chi connectivity index (χ4n) is 3.69. The summed E-state index contributed by atoms with van der Waals surface area (Å²) in [5, 5.41) is -0.875. The molecule has 2 aliphatic heterocycles. The van der Waals surface area contributed by atoms with Crippen LogP contribution in [-0.4, -0.2) is 24.7 Å². The van der Waals surface area contributed by atoms with Crippen LogP contribution in [0.15, 0.2) is 24.3 Å². The Morgan fingerprint density at radius 3 is 2.36 bits per heavy atom. The number of Topliss-reactive ketones (excluding diaryl/α,β-unsaturated/α-hetero) is 1. The molecule has 2 atom stereocenters. The maximum absolute atomic E-state index is 12.8. The van der Waals surface area contributed by atoms with Crippen LogP contribution in [-0.2, 0) is 9.84 Å². The number of ketones is 1. The lowest BCUT2D eigenvalue weighted by Crippen LogP contribution is -2.45. The van der Waals surface area contributed by atoms with E-state index in [0.717, 1.165) is 6.42 Å². The van der Waals surface area contributed by atoms with Gasteiger partial charge in [-0.15, -0.1) is 0 Å². The first kappa shape index (κ1) is 15.6. The smallest absolute Gasteiger partial charge is 0.263 e. The lowest BCUT2D eigenvalue weighted by atomic mass is 9.84. The second-order valence-corrected chi connectivity index (χ2v) is 8.73. The first-order chi connectivity index (χ1) is 10.4. The minimum atomic E-state index is -3.11. The van der Waals surface area contributed by atoms with Crippen LogP contribution in [0.25, 0.3) is 0 Å². The zero-order valence-corrected chi connectivity index (χ0v) is 12.9. The number of carbonyl (C=O) groups excluding carboxylic acids is 1. The van der Waals surface area contributed by atoms with E-state index < -0.39 is 26.8 Å². The molecule has 3 rings (SSSR count). The highest BCUT2D eigenvalue weighted by atomic mass is 32.2. The Balaban J connectivity index is 1.83. The van der Waals surface area contributed by atoms with Gasteiger partial charge < -0.3 is 0 Å². The summed E-state index contributed by atoms with van der Waals surface area (Å²) in [6.45, 7) is 0. The number of rotatable bonds is 3. The Hall–Kier alpha value is -1.30. The van der Waals surface area contributed by atoms with Gasteiger partial charge >= 0.3 is 0 Å². The van der Waals surface area contributed by atoms with Gasteiger partial charge in [-0.05, 0) is 31.7 Å². The van der Waals surface area contributed by atoms with E-state index in [0.29, 0.717) is 25.7 Å². The van der Waals surface area contributed by atoms with Gasteiger partial charge in [0.2, 0.25) is 0 Å². The van der Waals surface area contributed by atoms with E-state index in [1.807, 2.05) is 0 Å². The molecule has 2 heterocycles. The van der Waals surface area contributed by atoms with Crippen LogP contribution in [0.2, 0.25) is 0 Å². The van der Waals surface area contributed by atoms with Crippen LogP contribution in [0.3, 0.4) is 0 Å². The summed E-state index contributed by atoms with van der Waals surface area (Å²) < 4.78 is 50.0. The van der Waals surface area contributed by atoms with Gasteiger partial charge in [-0.2, -0.15) is 0 Å². The van der Waals surface area contributed by atoms with Crippen molar-refractivity contribution in [2.75, 3.05) is 0 Å². The van der Waals surface area contributed by atoms with Gasteiger partial charge in [0, 0.05) is 17.0 Å². The van der Waals surface area contributed by atoms with Gasteiger partial charge in [0.1, 0.15) is 0 Å². The SMILES string of the molecule is O=C(c1cccc(C(F)F)c1)C1CC2CCCC(C1)S2(=O)=O. The van der Waals surface area contributed by atoms with E-state index in [1.165, 1.54) is 24.3 Å². The van der Waals surface area contributed by atoms with Gasteiger partial charge in [-0.3, -0.25) is 4.79 Å². The van der Waals surface area contributed by atoms with Crippen LogP contribution < -0.4 is 0 Å². The molecule has 1 aromatic rings. The maximum atomic E-state index is 12.8. The molecule has 0 aliphatic carbocycles. The standard InChI is InChI=1S/C16H18F2O3S/c17-16(18)11-4-1-3-10(7-11)15(19)12-8-13-5-2-6-14(9-12)22(13,20)21/h1,3-4,7,12-14,16H,2,5-6,8-9H2. The Labute approximate surface area is 128 Å². The molecule has 2 saturated heterocycles. The Bertz CT molecular complexity index is 664. The van der Waals surface area contributed by atoms with E-state index >= 15 is 0 Å². The molecule has 1 aromatic carbocycles. The molecule has 0 aromatic heterocycles. The van der Waals surface area contributed by atoms with Gasteiger partial charge in [-0.25, -0.2) is 17.2 Å². The molecule has 2 aliphatic rings. The van der Waals surface area contributed by atoms with Crippen LogP contribution in [0.4, 0.5) is 8.78 Å². The lowest BCUT2D eigenvalue weighted by Gasteiger charge is -2.38. The molecule has 120 valence electrons. The van der Waals surface area contributed by atoms with Crippen molar-refractivity contribution < 1.29 is 22.0 Å². The van der Waals surface area contributed by atoms with Gasteiger partial charge in [0.25, 0.3) is 6.43 Å². The van der Waals surface area contributed by atoms with Crippen molar-refractivity contribution in [1.82, 2.24) is 0 Å². The Morgan fingerprint density at radius 1 is 1.14 bits per heavy atom. The van der Waals surface area contributed by atoms with Crippen molar-refractivity contribution in [3.63, 3.8) is 0 Å². The molecule has 2 unspecified atom stereocenters. The topological polar surface area (TPSA) is 51.2 Å². The average molecular weight is 328 g/mol. The second-order valence-electron chi connectivity index (χ2n) is 6.22. The van der Waals surface area contributed by atoms with Gasteiger partial charge in [0.15, 0.2) is 15.6 Å². The molecule has 0 spiro atoms. The number of fused-ring (bicyclic) bond motifs is 2. The summed E-state index contributed by atoms with van der Waals surface area (Å²) in [5.74, 6) is -0.568. The summed E-state index contributed by atoms with van der Waals surface area (Å²) in [5.41, 5.74) is 0.0923.